The minimum atomic E-state index is 0.0130. The lowest BCUT2D eigenvalue weighted by Crippen LogP contribution is -2.26. The lowest BCUT2D eigenvalue weighted by Gasteiger charge is -2.11. The molecule has 104 valence electrons. The zero-order chi connectivity index (χ0) is 13.7. The van der Waals surface area contributed by atoms with Crippen LogP contribution in [-0.4, -0.2) is 12.5 Å². The van der Waals surface area contributed by atoms with Crippen LogP contribution in [0, 0.1) is 12.8 Å². The van der Waals surface area contributed by atoms with Gasteiger partial charge in [-0.2, -0.15) is 0 Å². The van der Waals surface area contributed by atoms with Crippen LogP contribution in [0.3, 0.4) is 0 Å². The molecule has 0 bridgehead atoms. The number of hydrogen-bond donors (Lipinski definition) is 3. The Balaban J connectivity index is 1.85. The third-order valence-corrected chi connectivity index (χ3v) is 3.95. The molecule has 4 heteroatoms. The number of benzene rings is 1. The summed E-state index contributed by atoms with van der Waals surface area (Å²) < 4.78 is 0. The van der Waals surface area contributed by atoms with Crippen molar-refractivity contribution in [2.45, 2.75) is 39.0 Å². The number of nitrogens with one attached hydrogen (secondary N) is 2. The molecule has 0 aliphatic heterocycles. The number of hydrazine groups is 1. The van der Waals surface area contributed by atoms with Crippen molar-refractivity contribution >= 4 is 11.6 Å². The molecule has 19 heavy (non-hydrogen) atoms. The number of rotatable bonds is 5. The van der Waals surface area contributed by atoms with E-state index in [4.69, 9.17) is 5.84 Å². The van der Waals surface area contributed by atoms with Gasteiger partial charge in [0.05, 0.1) is 0 Å². The summed E-state index contributed by atoms with van der Waals surface area (Å²) in [6.45, 7) is 2.70. The topological polar surface area (TPSA) is 67.1 Å². The first-order chi connectivity index (χ1) is 9.20. The highest BCUT2D eigenvalue weighted by molar-refractivity contribution is 5.96. The molecule has 4 nitrogen and oxygen atoms in total. The summed E-state index contributed by atoms with van der Waals surface area (Å²) in [4.78, 5) is 12.1. The molecule has 1 aromatic carbocycles. The average Bonchev–Trinajstić information content (AvgIpc) is 2.91. The van der Waals surface area contributed by atoms with Gasteiger partial charge in [0.15, 0.2) is 0 Å². The standard InChI is InChI=1S/C15H23N3O/c1-11-10-13(18-16)6-7-14(11)15(19)17-9-8-12-4-2-3-5-12/h6-7,10,12,18H,2-5,8-9,16H2,1H3,(H,17,19). The summed E-state index contributed by atoms with van der Waals surface area (Å²) in [5, 5.41) is 3.01. The summed E-state index contributed by atoms with van der Waals surface area (Å²) in [5.41, 5.74) is 5.07. The Morgan fingerprint density at radius 3 is 2.74 bits per heavy atom. The molecule has 1 amide bonds. The van der Waals surface area contributed by atoms with Gasteiger partial charge >= 0.3 is 0 Å². The average molecular weight is 261 g/mol. The number of amides is 1. The molecular weight excluding hydrogens is 238 g/mol. The van der Waals surface area contributed by atoms with Crippen LogP contribution in [0.5, 0.6) is 0 Å². The van der Waals surface area contributed by atoms with E-state index in [0.29, 0.717) is 0 Å². The molecule has 1 aromatic rings. The predicted octanol–water partition coefficient (Wildman–Crippen LogP) is 2.59. The van der Waals surface area contributed by atoms with E-state index in [2.05, 4.69) is 10.7 Å². The Bertz CT molecular complexity index is 439. The molecular formula is C15H23N3O. The number of carbonyl (C=O) groups excluding carboxylic acids is 1. The minimum absolute atomic E-state index is 0.0130. The summed E-state index contributed by atoms with van der Waals surface area (Å²) in [7, 11) is 0. The van der Waals surface area contributed by atoms with Crippen LogP contribution in [0.25, 0.3) is 0 Å². The van der Waals surface area contributed by atoms with Gasteiger partial charge in [0, 0.05) is 17.8 Å². The molecule has 0 aromatic heterocycles. The summed E-state index contributed by atoms with van der Waals surface area (Å²) in [6.07, 6.45) is 6.46. The van der Waals surface area contributed by atoms with Gasteiger partial charge in [-0.1, -0.05) is 25.7 Å². The molecule has 2 rings (SSSR count). The van der Waals surface area contributed by atoms with Crippen LogP contribution in [-0.2, 0) is 0 Å². The quantitative estimate of drug-likeness (QED) is 0.564. The lowest BCUT2D eigenvalue weighted by molar-refractivity contribution is 0.0951. The Kier molecular flexibility index (Phi) is 4.80. The van der Waals surface area contributed by atoms with Crippen molar-refractivity contribution in [3.63, 3.8) is 0 Å². The summed E-state index contributed by atoms with van der Waals surface area (Å²) >= 11 is 0. The molecule has 0 spiro atoms. The zero-order valence-electron chi connectivity index (χ0n) is 11.5. The molecule has 1 aliphatic rings. The van der Waals surface area contributed by atoms with Crippen LogP contribution in [0.15, 0.2) is 18.2 Å². The highest BCUT2D eigenvalue weighted by Crippen LogP contribution is 2.26. The van der Waals surface area contributed by atoms with Crippen molar-refractivity contribution in [1.82, 2.24) is 5.32 Å². The molecule has 1 saturated carbocycles. The number of nitrogen functional groups attached to an aromatic ring is 1. The van der Waals surface area contributed by atoms with Gasteiger partial charge in [-0.05, 0) is 43.0 Å². The van der Waals surface area contributed by atoms with E-state index in [0.717, 1.165) is 35.7 Å². The molecule has 4 N–H and O–H groups in total. The summed E-state index contributed by atoms with van der Waals surface area (Å²) in [5.74, 6) is 6.17. The van der Waals surface area contributed by atoms with Crippen molar-refractivity contribution in [1.29, 1.82) is 0 Å². The predicted molar refractivity (Wildman–Crippen MR) is 77.9 cm³/mol. The molecule has 1 fully saturated rings. The summed E-state index contributed by atoms with van der Waals surface area (Å²) in [6, 6.07) is 5.51. The number of anilines is 1. The van der Waals surface area contributed by atoms with Crippen LogP contribution in [0.2, 0.25) is 0 Å². The molecule has 1 aliphatic carbocycles. The Hall–Kier alpha value is -1.55. The number of aryl methyl sites for hydroxylation is 1. The first kappa shape index (κ1) is 13.9. The van der Waals surface area contributed by atoms with E-state index < -0.39 is 0 Å². The fraction of sp³-hybridized carbons (Fsp3) is 0.533. The fourth-order valence-electron chi connectivity index (χ4n) is 2.79. The van der Waals surface area contributed by atoms with Crippen molar-refractivity contribution in [2.24, 2.45) is 11.8 Å². The first-order valence-corrected chi connectivity index (χ1v) is 7.06. The van der Waals surface area contributed by atoms with E-state index >= 15 is 0 Å². The van der Waals surface area contributed by atoms with E-state index in [1.165, 1.54) is 25.7 Å². The third kappa shape index (κ3) is 3.70. The largest absolute Gasteiger partial charge is 0.352 e. The number of hydrogen-bond acceptors (Lipinski definition) is 3. The molecule has 0 atom stereocenters. The van der Waals surface area contributed by atoms with Gasteiger partial charge in [-0.15, -0.1) is 0 Å². The number of carbonyl (C=O) groups is 1. The smallest absolute Gasteiger partial charge is 0.251 e. The van der Waals surface area contributed by atoms with Crippen LogP contribution >= 0.6 is 0 Å². The first-order valence-electron chi connectivity index (χ1n) is 7.06. The van der Waals surface area contributed by atoms with Gasteiger partial charge in [-0.3, -0.25) is 10.6 Å². The Labute approximate surface area is 114 Å². The van der Waals surface area contributed by atoms with Crippen molar-refractivity contribution in [3.05, 3.63) is 29.3 Å². The second-order valence-electron chi connectivity index (χ2n) is 5.37. The van der Waals surface area contributed by atoms with E-state index in [9.17, 15) is 4.79 Å². The van der Waals surface area contributed by atoms with Gasteiger partial charge < -0.3 is 10.7 Å². The third-order valence-electron chi connectivity index (χ3n) is 3.95. The molecule has 0 radical (unpaired) electrons. The maximum Gasteiger partial charge on any atom is 0.251 e. The van der Waals surface area contributed by atoms with Gasteiger partial charge in [0.1, 0.15) is 0 Å². The van der Waals surface area contributed by atoms with E-state index in [1.54, 1.807) is 0 Å². The number of nitrogens with two attached hydrogens (primary N) is 1. The second-order valence-corrected chi connectivity index (χ2v) is 5.37. The molecule has 0 saturated heterocycles. The fourth-order valence-corrected chi connectivity index (χ4v) is 2.79. The van der Waals surface area contributed by atoms with Gasteiger partial charge in [0.25, 0.3) is 5.91 Å². The lowest BCUT2D eigenvalue weighted by atomic mass is 10.0. The van der Waals surface area contributed by atoms with E-state index in [-0.39, 0.29) is 5.91 Å². The van der Waals surface area contributed by atoms with Crippen molar-refractivity contribution < 1.29 is 4.79 Å². The van der Waals surface area contributed by atoms with Crippen molar-refractivity contribution in [3.8, 4) is 0 Å². The van der Waals surface area contributed by atoms with Crippen LogP contribution in [0.4, 0.5) is 5.69 Å². The zero-order valence-corrected chi connectivity index (χ0v) is 11.5. The maximum atomic E-state index is 12.1. The second kappa shape index (κ2) is 6.57. The van der Waals surface area contributed by atoms with Crippen molar-refractivity contribution in [2.75, 3.05) is 12.0 Å². The van der Waals surface area contributed by atoms with Crippen LogP contribution in [0.1, 0.15) is 48.0 Å². The van der Waals surface area contributed by atoms with Crippen LogP contribution < -0.4 is 16.6 Å². The highest BCUT2D eigenvalue weighted by atomic mass is 16.1. The monoisotopic (exact) mass is 261 g/mol. The Morgan fingerprint density at radius 1 is 1.37 bits per heavy atom. The molecule has 0 heterocycles. The Morgan fingerprint density at radius 2 is 2.11 bits per heavy atom. The molecule has 0 unspecified atom stereocenters. The van der Waals surface area contributed by atoms with E-state index in [1.807, 2.05) is 25.1 Å². The SMILES string of the molecule is Cc1cc(NN)ccc1C(=O)NCCC1CCCC1. The minimum Gasteiger partial charge on any atom is -0.352 e. The normalized spacial score (nSPS) is 15.5. The maximum absolute atomic E-state index is 12.1. The van der Waals surface area contributed by atoms with Gasteiger partial charge in [0.2, 0.25) is 0 Å². The highest BCUT2D eigenvalue weighted by Gasteiger charge is 2.15. The van der Waals surface area contributed by atoms with Gasteiger partial charge in [-0.25, -0.2) is 0 Å².